The minimum absolute atomic E-state index is 0.148. The summed E-state index contributed by atoms with van der Waals surface area (Å²) >= 11 is 0. The second kappa shape index (κ2) is 9.14. The van der Waals surface area contributed by atoms with Crippen LogP contribution in [0.5, 0.6) is 0 Å². The fourth-order valence-electron chi connectivity index (χ4n) is 2.43. The molecular formula is C21H24N2O5. The molecule has 0 aliphatic rings. The lowest BCUT2D eigenvalue weighted by atomic mass is 10.1. The third-order valence-corrected chi connectivity index (χ3v) is 4.02. The smallest absolute Gasteiger partial charge is 0.337 e. The minimum Gasteiger partial charge on any atom is -0.465 e. The van der Waals surface area contributed by atoms with Crippen LogP contribution in [-0.2, 0) is 16.0 Å². The van der Waals surface area contributed by atoms with E-state index in [1.54, 1.807) is 50.2 Å². The number of hydrogen-bond acceptors (Lipinski definition) is 5. The molecule has 148 valence electrons. The Morgan fingerprint density at radius 3 is 2.07 bits per heavy atom. The second-order valence-electron chi connectivity index (χ2n) is 6.99. The molecule has 0 fully saturated rings. The van der Waals surface area contributed by atoms with Crippen molar-refractivity contribution in [3.63, 3.8) is 0 Å². The summed E-state index contributed by atoms with van der Waals surface area (Å²) in [6.45, 7) is 3.33. The normalized spacial score (nSPS) is 10.9. The van der Waals surface area contributed by atoms with Gasteiger partial charge in [-0.3, -0.25) is 9.59 Å². The van der Waals surface area contributed by atoms with E-state index in [4.69, 9.17) is 0 Å². The van der Waals surface area contributed by atoms with Crippen LogP contribution in [0, 0.1) is 0 Å². The molecule has 7 nitrogen and oxygen atoms in total. The van der Waals surface area contributed by atoms with Gasteiger partial charge in [-0.25, -0.2) is 4.79 Å². The van der Waals surface area contributed by atoms with Crippen LogP contribution >= 0.6 is 0 Å². The van der Waals surface area contributed by atoms with Gasteiger partial charge in [0.2, 0.25) is 5.91 Å². The van der Waals surface area contributed by atoms with Crippen molar-refractivity contribution in [1.82, 2.24) is 5.32 Å². The SMILES string of the molecule is COC(=O)c1ccc(C(=O)Nc2ccc(CC(=O)NC(C)(C)CO)cc2)cc1. The van der Waals surface area contributed by atoms with E-state index < -0.39 is 11.5 Å². The van der Waals surface area contributed by atoms with Crippen LogP contribution < -0.4 is 10.6 Å². The molecule has 7 heteroatoms. The first kappa shape index (κ1) is 21.1. The fraction of sp³-hybridized carbons (Fsp3) is 0.286. The number of carbonyl (C=O) groups excluding carboxylic acids is 3. The average molecular weight is 384 g/mol. The Bertz CT molecular complexity index is 842. The summed E-state index contributed by atoms with van der Waals surface area (Å²) in [7, 11) is 1.30. The lowest BCUT2D eigenvalue weighted by molar-refractivity contribution is -0.122. The number of aliphatic hydroxyl groups is 1. The van der Waals surface area contributed by atoms with Crippen molar-refractivity contribution in [3.05, 3.63) is 65.2 Å². The van der Waals surface area contributed by atoms with E-state index in [1.165, 1.54) is 19.2 Å². The van der Waals surface area contributed by atoms with Crippen LogP contribution in [0.1, 0.15) is 40.1 Å². The van der Waals surface area contributed by atoms with E-state index in [0.29, 0.717) is 16.8 Å². The number of carbonyl (C=O) groups is 3. The summed E-state index contributed by atoms with van der Waals surface area (Å²) in [5.74, 6) is -0.970. The number of nitrogens with one attached hydrogen (secondary N) is 2. The van der Waals surface area contributed by atoms with Gasteiger partial charge in [0.15, 0.2) is 0 Å². The molecule has 0 spiro atoms. The van der Waals surface area contributed by atoms with Crippen molar-refractivity contribution in [2.24, 2.45) is 0 Å². The molecular weight excluding hydrogens is 360 g/mol. The molecule has 2 aromatic rings. The number of aliphatic hydroxyl groups excluding tert-OH is 1. The number of ether oxygens (including phenoxy) is 1. The lowest BCUT2D eigenvalue weighted by Gasteiger charge is -2.23. The van der Waals surface area contributed by atoms with Crippen molar-refractivity contribution in [2.45, 2.75) is 25.8 Å². The maximum Gasteiger partial charge on any atom is 0.337 e. The molecule has 0 unspecified atom stereocenters. The summed E-state index contributed by atoms with van der Waals surface area (Å²) in [5.41, 5.74) is 1.47. The van der Waals surface area contributed by atoms with Crippen LogP contribution in [0.3, 0.4) is 0 Å². The largest absolute Gasteiger partial charge is 0.465 e. The molecule has 2 amide bonds. The molecule has 3 N–H and O–H groups in total. The van der Waals surface area contributed by atoms with Crippen LogP contribution in [-0.4, -0.2) is 42.1 Å². The van der Waals surface area contributed by atoms with Crippen molar-refractivity contribution in [3.8, 4) is 0 Å². The van der Waals surface area contributed by atoms with Gasteiger partial charge >= 0.3 is 5.97 Å². The predicted octanol–water partition coefficient (Wildman–Crippen LogP) is 2.16. The van der Waals surface area contributed by atoms with Crippen LogP contribution in [0.25, 0.3) is 0 Å². The molecule has 0 aliphatic heterocycles. The van der Waals surface area contributed by atoms with Crippen molar-refractivity contribution in [1.29, 1.82) is 0 Å². The third kappa shape index (κ3) is 5.92. The van der Waals surface area contributed by atoms with E-state index in [-0.39, 0.29) is 24.8 Å². The Kier molecular flexibility index (Phi) is 6.89. The molecule has 0 atom stereocenters. The Hall–Kier alpha value is -3.19. The summed E-state index contributed by atoms with van der Waals surface area (Å²) < 4.78 is 4.62. The zero-order valence-electron chi connectivity index (χ0n) is 16.1. The predicted molar refractivity (Wildman–Crippen MR) is 105 cm³/mol. The van der Waals surface area contributed by atoms with Crippen LogP contribution in [0.15, 0.2) is 48.5 Å². The molecule has 0 bridgehead atoms. The Morgan fingerprint density at radius 2 is 1.54 bits per heavy atom. The maximum atomic E-state index is 12.3. The number of rotatable bonds is 7. The zero-order chi connectivity index (χ0) is 20.7. The lowest BCUT2D eigenvalue weighted by Crippen LogP contribution is -2.46. The quantitative estimate of drug-likeness (QED) is 0.635. The van der Waals surface area contributed by atoms with Gasteiger partial charge in [-0.05, 0) is 55.8 Å². The van der Waals surface area contributed by atoms with Gasteiger partial charge in [-0.2, -0.15) is 0 Å². The number of benzene rings is 2. The van der Waals surface area contributed by atoms with E-state index in [0.717, 1.165) is 5.56 Å². The van der Waals surface area contributed by atoms with Crippen molar-refractivity contribution < 1.29 is 24.2 Å². The van der Waals surface area contributed by atoms with E-state index in [9.17, 15) is 19.5 Å². The Labute approximate surface area is 163 Å². The number of amides is 2. The zero-order valence-corrected chi connectivity index (χ0v) is 16.1. The standard InChI is InChI=1S/C21H24N2O5/c1-21(2,13-24)23-18(25)12-14-4-10-17(11-5-14)22-19(26)15-6-8-16(9-7-15)20(27)28-3/h4-11,24H,12-13H2,1-3H3,(H,22,26)(H,23,25). The minimum atomic E-state index is -0.672. The van der Waals surface area contributed by atoms with Crippen LogP contribution in [0.2, 0.25) is 0 Å². The highest BCUT2D eigenvalue weighted by Gasteiger charge is 2.19. The fourth-order valence-corrected chi connectivity index (χ4v) is 2.43. The molecule has 0 aromatic heterocycles. The van der Waals surface area contributed by atoms with Gasteiger partial charge in [0, 0.05) is 11.3 Å². The summed E-state index contributed by atoms with van der Waals surface area (Å²) in [4.78, 5) is 35.7. The van der Waals surface area contributed by atoms with Gasteiger partial charge in [0.05, 0.1) is 31.2 Å². The molecule has 0 aliphatic carbocycles. The first-order valence-corrected chi connectivity index (χ1v) is 8.74. The van der Waals surface area contributed by atoms with Crippen molar-refractivity contribution in [2.75, 3.05) is 19.0 Å². The number of esters is 1. The molecule has 0 radical (unpaired) electrons. The van der Waals surface area contributed by atoms with Gasteiger partial charge in [-0.15, -0.1) is 0 Å². The van der Waals surface area contributed by atoms with E-state index >= 15 is 0 Å². The first-order chi connectivity index (χ1) is 13.2. The molecule has 28 heavy (non-hydrogen) atoms. The Morgan fingerprint density at radius 1 is 0.964 bits per heavy atom. The van der Waals surface area contributed by atoms with Gasteiger partial charge < -0.3 is 20.5 Å². The number of anilines is 1. The van der Waals surface area contributed by atoms with Crippen LogP contribution in [0.4, 0.5) is 5.69 Å². The first-order valence-electron chi connectivity index (χ1n) is 8.74. The molecule has 2 rings (SSSR count). The molecule has 2 aromatic carbocycles. The van der Waals surface area contributed by atoms with Crippen molar-refractivity contribution >= 4 is 23.5 Å². The molecule has 0 heterocycles. The summed E-state index contributed by atoms with van der Waals surface area (Å²) in [5, 5.41) is 14.7. The van der Waals surface area contributed by atoms with Gasteiger partial charge in [0.25, 0.3) is 5.91 Å². The highest BCUT2D eigenvalue weighted by molar-refractivity contribution is 6.04. The average Bonchev–Trinajstić information content (AvgIpc) is 2.68. The second-order valence-corrected chi connectivity index (χ2v) is 6.99. The highest BCUT2D eigenvalue weighted by atomic mass is 16.5. The summed E-state index contributed by atoms with van der Waals surface area (Å²) in [6, 6.07) is 13.1. The topological polar surface area (TPSA) is 105 Å². The highest BCUT2D eigenvalue weighted by Crippen LogP contribution is 2.13. The Balaban J connectivity index is 1.95. The number of hydrogen-bond donors (Lipinski definition) is 3. The molecule has 0 saturated heterocycles. The number of methoxy groups -OCH3 is 1. The summed E-state index contributed by atoms with van der Waals surface area (Å²) in [6.07, 6.45) is 0.173. The van der Waals surface area contributed by atoms with E-state index in [2.05, 4.69) is 15.4 Å². The van der Waals surface area contributed by atoms with E-state index in [1.807, 2.05) is 0 Å². The van der Waals surface area contributed by atoms with Gasteiger partial charge in [-0.1, -0.05) is 12.1 Å². The van der Waals surface area contributed by atoms with Gasteiger partial charge in [0.1, 0.15) is 0 Å². The third-order valence-electron chi connectivity index (χ3n) is 4.02. The molecule has 0 saturated carbocycles. The maximum absolute atomic E-state index is 12.3. The monoisotopic (exact) mass is 384 g/mol.